The number of hydrogen-bond acceptors (Lipinski definition) is 2. The summed E-state index contributed by atoms with van der Waals surface area (Å²) < 4.78 is 0. The van der Waals surface area contributed by atoms with Crippen molar-refractivity contribution in [3.05, 3.63) is 12.2 Å². The Morgan fingerprint density at radius 1 is 1.50 bits per heavy atom. The van der Waals surface area contributed by atoms with E-state index in [1.807, 2.05) is 0 Å². The number of aliphatic carboxylic acids is 1. The van der Waals surface area contributed by atoms with E-state index < -0.39 is 5.97 Å². The van der Waals surface area contributed by atoms with E-state index in [0.29, 0.717) is 13.1 Å². The maximum atomic E-state index is 11.0. The average Bonchev–Trinajstić information content (AvgIpc) is 1.82. The summed E-state index contributed by atoms with van der Waals surface area (Å²) in [4.78, 5) is 22.9. The van der Waals surface area contributed by atoms with Gasteiger partial charge in [0.2, 0.25) is 5.91 Å². The van der Waals surface area contributed by atoms with Gasteiger partial charge in [0.1, 0.15) is 0 Å². The van der Waals surface area contributed by atoms with Crippen molar-refractivity contribution in [2.45, 2.75) is 6.92 Å². The molecule has 1 aliphatic rings. The summed E-state index contributed by atoms with van der Waals surface area (Å²) in [5, 5.41) is 8.51. The van der Waals surface area contributed by atoms with E-state index in [9.17, 15) is 9.59 Å². The van der Waals surface area contributed by atoms with E-state index in [4.69, 9.17) is 5.11 Å². The molecule has 0 spiro atoms. The molecule has 1 amide bonds. The fraction of sp³-hybridized carbons (Fsp3) is 0.500. The van der Waals surface area contributed by atoms with Crippen LogP contribution >= 0.6 is 0 Å². The number of hydrogen-bond donors (Lipinski definition) is 1. The predicted octanol–water partition coefficient (Wildman–Crippen LogP) is 0.106. The van der Waals surface area contributed by atoms with Gasteiger partial charge in [0, 0.05) is 13.1 Å². The second-order valence-electron chi connectivity index (χ2n) is 2.78. The van der Waals surface area contributed by atoms with E-state index in [1.165, 1.54) is 11.0 Å². The summed E-state index contributed by atoms with van der Waals surface area (Å²) >= 11 is 0. The number of carbonyl (C=O) groups excluding carboxylic acids is 1. The first-order valence-corrected chi connectivity index (χ1v) is 3.79. The highest BCUT2D eigenvalue weighted by atomic mass is 16.4. The van der Waals surface area contributed by atoms with Crippen LogP contribution in [0.1, 0.15) is 6.92 Å². The molecule has 1 heterocycles. The monoisotopic (exact) mass is 169 g/mol. The number of nitrogens with zero attached hydrogens (tertiary/aromatic N) is 1. The zero-order chi connectivity index (χ0) is 9.14. The van der Waals surface area contributed by atoms with Crippen molar-refractivity contribution in [3.63, 3.8) is 0 Å². The van der Waals surface area contributed by atoms with E-state index in [2.05, 4.69) is 0 Å². The topological polar surface area (TPSA) is 57.6 Å². The van der Waals surface area contributed by atoms with Crippen LogP contribution in [0, 0.1) is 5.92 Å². The van der Waals surface area contributed by atoms with Gasteiger partial charge < -0.3 is 10.0 Å². The number of carbonyl (C=O) groups is 2. The van der Waals surface area contributed by atoms with Crippen molar-refractivity contribution in [3.8, 4) is 0 Å². The van der Waals surface area contributed by atoms with Gasteiger partial charge in [0.05, 0.1) is 5.92 Å². The molecule has 1 aliphatic heterocycles. The lowest BCUT2D eigenvalue weighted by atomic mass is 10.0. The SMILES string of the molecule is CC=CC(=O)N1CC(C(=O)O)C1. The number of rotatable bonds is 2. The van der Waals surface area contributed by atoms with Crippen LogP contribution in [-0.4, -0.2) is 35.0 Å². The molecule has 12 heavy (non-hydrogen) atoms. The lowest BCUT2D eigenvalue weighted by molar-refractivity contribution is -0.151. The van der Waals surface area contributed by atoms with E-state index in [-0.39, 0.29) is 11.8 Å². The van der Waals surface area contributed by atoms with Crippen molar-refractivity contribution in [1.82, 2.24) is 4.90 Å². The lowest BCUT2D eigenvalue weighted by Gasteiger charge is -2.35. The molecule has 66 valence electrons. The molecular weight excluding hydrogens is 158 g/mol. The Morgan fingerprint density at radius 3 is 2.50 bits per heavy atom. The Balaban J connectivity index is 2.34. The Bertz CT molecular complexity index is 228. The molecule has 4 nitrogen and oxygen atoms in total. The molecular formula is C8H11NO3. The molecule has 1 saturated heterocycles. The maximum Gasteiger partial charge on any atom is 0.310 e. The minimum Gasteiger partial charge on any atom is -0.481 e. The first-order chi connectivity index (χ1) is 5.65. The van der Waals surface area contributed by atoms with Crippen LogP contribution in [0.4, 0.5) is 0 Å². The van der Waals surface area contributed by atoms with Crippen molar-refractivity contribution in [2.24, 2.45) is 5.92 Å². The van der Waals surface area contributed by atoms with E-state index in [0.717, 1.165) is 0 Å². The van der Waals surface area contributed by atoms with Crippen LogP contribution in [0.2, 0.25) is 0 Å². The summed E-state index contributed by atoms with van der Waals surface area (Å²) in [5.41, 5.74) is 0. The van der Waals surface area contributed by atoms with Gasteiger partial charge in [0.25, 0.3) is 0 Å². The quantitative estimate of drug-likeness (QED) is 0.597. The molecule has 1 rings (SSSR count). The highest BCUT2D eigenvalue weighted by Gasteiger charge is 2.34. The Morgan fingerprint density at radius 2 is 2.08 bits per heavy atom. The van der Waals surface area contributed by atoms with Crippen LogP contribution in [0.3, 0.4) is 0 Å². The first-order valence-electron chi connectivity index (χ1n) is 3.79. The fourth-order valence-corrected chi connectivity index (χ4v) is 1.06. The van der Waals surface area contributed by atoms with Gasteiger partial charge in [-0.25, -0.2) is 0 Å². The van der Waals surface area contributed by atoms with Crippen molar-refractivity contribution in [1.29, 1.82) is 0 Å². The van der Waals surface area contributed by atoms with Gasteiger partial charge in [-0.15, -0.1) is 0 Å². The number of amides is 1. The molecule has 4 heteroatoms. The minimum absolute atomic E-state index is 0.102. The molecule has 0 saturated carbocycles. The maximum absolute atomic E-state index is 11.0. The third kappa shape index (κ3) is 1.64. The fourth-order valence-electron chi connectivity index (χ4n) is 1.06. The third-order valence-corrected chi connectivity index (χ3v) is 1.85. The first kappa shape index (κ1) is 8.77. The molecule has 0 aliphatic carbocycles. The van der Waals surface area contributed by atoms with Crippen molar-refractivity contribution in [2.75, 3.05) is 13.1 Å². The highest BCUT2D eigenvalue weighted by Crippen LogP contribution is 2.15. The molecule has 0 unspecified atom stereocenters. The smallest absolute Gasteiger partial charge is 0.310 e. The molecule has 0 radical (unpaired) electrons. The zero-order valence-corrected chi connectivity index (χ0v) is 6.86. The van der Waals surface area contributed by atoms with Crippen LogP contribution < -0.4 is 0 Å². The number of likely N-dealkylation sites (tertiary alicyclic amines) is 1. The van der Waals surface area contributed by atoms with Gasteiger partial charge >= 0.3 is 5.97 Å². The van der Waals surface area contributed by atoms with Crippen molar-refractivity contribution < 1.29 is 14.7 Å². The normalized spacial score (nSPS) is 17.9. The highest BCUT2D eigenvalue weighted by molar-refractivity contribution is 5.89. The lowest BCUT2D eigenvalue weighted by Crippen LogP contribution is -2.52. The van der Waals surface area contributed by atoms with E-state index in [1.54, 1.807) is 13.0 Å². The molecule has 0 atom stereocenters. The Hall–Kier alpha value is -1.32. The van der Waals surface area contributed by atoms with Crippen LogP contribution in [0.15, 0.2) is 12.2 Å². The summed E-state index contributed by atoms with van der Waals surface area (Å²) in [6, 6.07) is 0. The minimum atomic E-state index is -0.820. The molecule has 0 aromatic carbocycles. The van der Waals surface area contributed by atoms with Gasteiger partial charge in [-0.05, 0) is 13.0 Å². The Labute approximate surface area is 70.5 Å². The molecule has 0 bridgehead atoms. The average molecular weight is 169 g/mol. The molecule has 0 aromatic heterocycles. The second-order valence-corrected chi connectivity index (χ2v) is 2.78. The van der Waals surface area contributed by atoms with Crippen LogP contribution in [0.5, 0.6) is 0 Å². The zero-order valence-electron chi connectivity index (χ0n) is 6.86. The van der Waals surface area contributed by atoms with Crippen LogP contribution in [0.25, 0.3) is 0 Å². The number of allylic oxidation sites excluding steroid dienone is 1. The summed E-state index contributed by atoms with van der Waals surface area (Å²) in [5.74, 6) is -1.28. The predicted molar refractivity (Wildman–Crippen MR) is 42.5 cm³/mol. The van der Waals surface area contributed by atoms with Gasteiger partial charge in [-0.3, -0.25) is 9.59 Å². The second kappa shape index (κ2) is 3.38. The largest absolute Gasteiger partial charge is 0.481 e. The van der Waals surface area contributed by atoms with E-state index >= 15 is 0 Å². The van der Waals surface area contributed by atoms with Crippen LogP contribution in [-0.2, 0) is 9.59 Å². The van der Waals surface area contributed by atoms with Gasteiger partial charge in [-0.2, -0.15) is 0 Å². The Kier molecular flexibility index (Phi) is 2.47. The van der Waals surface area contributed by atoms with Gasteiger partial charge in [-0.1, -0.05) is 6.08 Å². The number of carboxylic acids is 1. The standard InChI is InChI=1S/C8H11NO3/c1-2-3-7(10)9-4-6(5-9)8(11)12/h2-3,6H,4-5H2,1H3,(H,11,12). The summed E-state index contributed by atoms with van der Waals surface area (Å²) in [6.07, 6.45) is 3.09. The van der Waals surface area contributed by atoms with Crippen molar-refractivity contribution >= 4 is 11.9 Å². The third-order valence-electron chi connectivity index (χ3n) is 1.85. The molecule has 1 fully saturated rings. The summed E-state index contributed by atoms with van der Waals surface area (Å²) in [6.45, 7) is 2.45. The number of carboxylic acid groups (broad SMARTS) is 1. The van der Waals surface area contributed by atoms with Gasteiger partial charge in [0.15, 0.2) is 0 Å². The molecule has 1 N–H and O–H groups in total. The molecule has 0 aromatic rings. The summed E-state index contributed by atoms with van der Waals surface area (Å²) in [7, 11) is 0.